The molecule has 0 bridgehead atoms. The van der Waals surface area contributed by atoms with Crippen molar-refractivity contribution in [2.45, 2.75) is 6.04 Å². The lowest BCUT2D eigenvalue weighted by Gasteiger charge is -2.20. The summed E-state index contributed by atoms with van der Waals surface area (Å²) in [7, 11) is 1.65. The van der Waals surface area contributed by atoms with Crippen LogP contribution in [0.15, 0.2) is 40.9 Å². The SMILES string of the molecule is CNC(c1ccc(Cl)cc1F)c1c(F)cccc1Br. The van der Waals surface area contributed by atoms with E-state index in [2.05, 4.69) is 21.2 Å². The molecule has 1 N–H and O–H groups in total. The standard InChI is InChI=1S/C14H11BrClF2N/c1-19-14(9-6-5-8(16)7-12(9)18)13-10(15)3-2-4-11(13)17/h2-7,14,19H,1H3. The van der Waals surface area contributed by atoms with Crippen molar-refractivity contribution in [3.05, 3.63) is 68.7 Å². The largest absolute Gasteiger partial charge is 0.309 e. The molecule has 0 heterocycles. The molecule has 0 spiro atoms. The van der Waals surface area contributed by atoms with Crippen LogP contribution in [0.5, 0.6) is 0 Å². The van der Waals surface area contributed by atoms with E-state index < -0.39 is 17.7 Å². The number of halogens is 4. The van der Waals surface area contributed by atoms with Crippen LogP contribution in [0.2, 0.25) is 5.02 Å². The van der Waals surface area contributed by atoms with E-state index in [0.29, 0.717) is 20.6 Å². The highest BCUT2D eigenvalue weighted by atomic mass is 79.9. The summed E-state index contributed by atoms with van der Waals surface area (Å²) in [5.41, 5.74) is 0.712. The Kier molecular flexibility index (Phi) is 4.55. The van der Waals surface area contributed by atoms with E-state index in [9.17, 15) is 8.78 Å². The highest BCUT2D eigenvalue weighted by Gasteiger charge is 2.21. The van der Waals surface area contributed by atoms with E-state index in [4.69, 9.17) is 11.6 Å². The van der Waals surface area contributed by atoms with E-state index in [0.717, 1.165) is 0 Å². The normalized spacial score (nSPS) is 12.5. The molecule has 0 saturated heterocycles. The molecule has 1 nitrogen and oxygen atoms in total. The predicted molar refractivity (Wildman–Crippen MR) is 76.4 cm³/mol. The Balaban J connectivity index is 2.56. The first kappa shape index (κ1) is 14.4. The number of rotatable bonds is 3. The molecule has 0 aromatic heterocycles. The second-order valence-corrected chi connectivity index (χ2v) is 5.31. The van der Waals surface area contributed by atoms with Crippen LogP contribution in [0.3, 0.4) is 0 Å². The number of nitrogens with one attached hydrogen (secondary N) is 1. The smallest absolute Gasteiger partial charge is 0.129 e. The van der Waals surface area contributed by atoms with Crippen LogP contribution >= 0.6 is 27.5 Å². The fourth-order valence-electron chi connectivity index (χ4n) is 1.98. The van der Waals surface area contributed by atoms with E-state index in [-0.39, 0.29) is 0 Å². The van der Waals surface area contributed by atoms with Crippen LogP contribution in [-0.2, 0) is 0 Å². The molecule has 19 heavy (non-hydrogen) atoms. The van der Waals surface area contributed by atoms with Crippen molar-refractivity contribution in [2.24, 2.45) is 0 Å². The van der Waals surface area contributed by atoms with E-state index in [1.807, 2.05) is 0 Å². The van der Waals surface area contributed by atoms with Crippen LogP contribution in [0.4, 0.5) is 8.78 Å². The first-order chi connectivity index (χ1) is 9.04. The van der Waals surface area contributed by atoms with Gasteiger partial charge in [0.1, 0.15) is 11.6 Å². The maximum Gasteiger partial charge on any atom is 0.129 e. The maximum absolute atomic E-state index is 14.0. The van der Waals surface area contributed by atoms with Gasteiger partial charge in [0.2, 0.25) is 0 Å². The molecule has 5 heteroatoms. The van der Waals surface area contributed by atoms with Crippen LogP contribution in [0, 0.1) is 11.6 Å². The maximum atomic E-state index is 14.0. The molecule has 0 radical (unpaired) electrons. The Morgan fingerprint density at radius 3 is 2.47 bits per heavy atom. The van der Waals surface area contributed by atoms with Gasteiger partial charge in [0, 0.05) is 20.6 Å². The van der Waals surface area contributed by atoms with Gasteiger partial charge >= 0.3 is 0 Å². The number of hydrogen-bond donors (Lipinski definition) is 1. The van der Waals surface area contributed by atoms with Gasteiger partial charge in [0.25, 0.3) is 0 Å². The summed E-state index contributed by atoms with van der Waals surface area (Å²) in [5, 5.41) is 3.23. The minimum absolute atomic E-state index is 0.309. The molecule has 2 rings (SSSR count). The van der Waals surface area contributed by atoms with Crippen molar-refractivity contribution in [2.75, 3.05) is 7.05 Å². The molecule has 0 aliphatic rings. The molecule has 0 saturated carbocycles. The second-order valence-electron chi connectivity index (χ2n) is 4.02. The van der Waals surface area contributed by atoms with Gasteiger partial charge in [0.05, 0.1) is 6.04 Å². The zero-order chi connectivity index (χ0) is 14.0. The molecule has 0 amide bonds. The summed E-state index contributed by atoms with van der Waals surface area (Å²) < 4.78 is 28.5. The summed E-state index contributed by atoms with van der Waals surface area (Å²) >= 11 is 9.03. The summed E-state index contributed by atoms with van der Waals surface area (Å²) in [4.78, 5) is 0. The molecule has 2 aromatic rings. The van der Waals surface area contributed by atoms with Crippen molar-refractivity contribution in [3.63, 3.8) is 0 Å². The van der Waals surface area contributed by atoms with Gasteiger partial charge in [-0.05, 0) is 31.3 Å². The van der Waals surface area contributed by atoms with Gasteiger partial charge in [-0.3, -0.25) is 0 Å². The van der Waals surface area contributed by atoms with Gasteiger partial charge < -0.3 is 5.32 Å². The van der Waals surface area contributed by atoms with Crippen LogP contribution < -0.4 is 5.32 Å². The Labute approximate surface area is 123 Å². The minimum Gasteiger partial charge on any atom is -0.309 e. The molecule has 0 aliphatic carbocycles. The molecule has 2 aromatic carbocycles. The van der Waals surface area contributed by atoms with E-state index >= 15 is 0 Å². The van der Waals surface area contributed by atoms with Crippen LogP contribution in [0.25, 0.3) is 0 Å². The quantitative estimate of drug-likeness (QED) is 0.850. The fourth-order valence-corrected chi connectivity index (χ4v) is 2.71. The average molecular weight is 347 g/mol. The molecule has 100 valence electrons. The van der Waals surface area contributed by atoms with Gasteiger partial charge in [-0.25, -0.2) is 8.78 Å². The highest BCUT2D eigenvalue weighted by Crippen LogP contribution is 2.32. The lowest BCUT2D eigenvalue weighted by Crippen LogP contribution is -2.20. The zero-order valence-corrected chi connectivity index (χ0v) is 12.4. The van der Waals surface area contributed by atoms with Gasteiger partial charge in [-0.1, -0.05) is 39.7 Å². The zero-order valence-electron chi connectivity index (χ0n) is 10.1. The van der Waals surface area contributed by atoms with Crippen molar-refractivity contribution in [1.29, 1.82) is 0 Å². The van der Waals surface area contributed by atoms with Gasteiger partial charge in [-0.15, -0.1) is 0 Å². The predicted octanol–water partition coefficient (Wildman–Crippen LogP) is 4.69. The topological polar surface area (TPSA) is 12.0 Å². The Bertz CT molecular complexity index is 584. The first-order valence-electron chi connectivity index (χ1n) is 5.60. The molecule has 1 unspecified atom stereocenters. The van der Waals surface area contributed by atoms with Crippen molar-refractivity contribution in [3.8, 4) is 0 Å². The summed E-state index contributed by atoms with van der Waals surface area (Å²) in [6.07, 6.45) is 0. The molecule has 1 atom stereocenters. The lowest BCUT2D eigenvalue weighted by molar-refractivity contribution is 0.545. The van der Waals surface area contributed by atoms with E-state index in [1.54, 1.807) is 31.3 Å². The monoisotopic (exact) mass is 345 g/mol. The number of hydrogen-bond acceptors (Lipinski definition) is 1. The highest BCUT2D eigenvalue weighted by molar-refractivity contribution is 9.10. The summed E-state index contributed by atoms with van der Waals surface area (Å²) in [6.45, 7) is 0. The fraction of sp³-hybridized carbons (Fsp3) is 0.143. The average Bonchev–Trinajstić information content (AvgIpc) is 2.35. The molecular formula is C14H11BrClF2N. The lowest BCUT2D eigenvalue weighted by atomic mass is 9.98. The van der Waals surface area contributed by atoms with Gasteiger partial charge in [0.15, 0.2) is 0 Å². The molecule has 0 aliphatic heterocycles. The Morgan fingerprint density at radius 1 is 1.16 bits per heavy atom. The van der Waals surface area contributed by atoms with Crippen molar-refractivity contribution >= 4 is 27.5 Å². The third kappa shape index (κ3) is 2.96. The second kappa shape index (κ2) is 5.99. The first-order valence-corrected chi connectivity index (χ1v) is 6.77. The minimum atomic E-state index is -0.590. The van der Waals surface area contributed by atoms with Gasteiger partial charge in [-0.2, -0.15) is 0 Å². The molecular weight excluding hydrogens is 336 g/mol. The van der Waals surface area contributed by atoms with Crippen molar-refractivity contribution in [1.82, 2.24) is 5.32 Å². The van der Waals surface area contributed by atoms with Crippen molar-refractivity contribution < 1.29 is 8.78 Å². The molecule has 0 fully saturated rings. The third-order valence-electron chi connectivity index (χ3n) is 2.85. The Hall–Kier alpha value is -0.970. The Morgan fingerprint density at radius 2 is 1.89 bits per heavy atom. The number of benzene rings is 2. The third-order valence-corrected chi connectivity index (χ3v) is 3.78. The van der Waals surface area contributed by atoms with Crippen LogP contribution in [0.1, 0.15) is 17.2 Å². The van der Waals surface area contributed by atoms with Crippen LogP contribution in [-0.4, -0.2) is 7.05 Å². The summed E-state index contributed by atoms with van der Waals surface area (Å²) in [5.74, 6) is -0.870. The summed E-state index contributed by atoms with van der Waals surface area (Å²) in [6, 6.07) is 8.42. The van der Waals surface area contributed by atoms with E-state index in [1.165, 1.54) is 12.1 Å².